The summed E-state index contributed by atoms with van der Waals surface area (Å²) in [5.41, 5.74) is 0.151. The van der Waals surface area contributed by atoms with Gasteiger partial charge in [0.05, 0.1) is 6.54 Å². The summed E-state index contributed by atoms with van der Waals surface area (Å²) in [5, 5.41) is 11.3. The van der Waals surface area contributed by atoms with Crippen LogP contribution in [-0.2, 0) is 14.4 Å². The van der Waals surface area contributed by atoms with Crippen molar-refractivity contribution in [3.8, 4) is 0 Å². The van der Waals surface area contributed by atoms with Gasteiger partial charge in [-0.15, -0.1) is 0 Å². The lowest BCUT2D eigenvalue weighted by Gasteiger charge is -2.22. The lowest BCUT2D eigenvalue weighted by Crippen LogP contribution is -2.40. The number of amides is 2. The molecular weight excluding hydrogens is 236 g/mol. The molecule has 102 valence electrons. The average Bonchev–Trinajstić information content (AvgIpc) is 2.35. The molecule has 0 aliphatic rings. The van der Waals surface area contributed by atoms with E-state index in [4.69, 9.17) is 5.11 Å². The number of rotatable bonds is 6. The Labute approximate surface area is 107 Å². The number of carboxylic acid groups (broad SMARTS) is 1. The van der Waals surface area contributed by atoms with Crippen molar-refractivity contribution in [2.75, 3.05) is 20.1 Å². The fourth-order valence-electron chi connectivity index (χ4n) is 1.33. The molecule has 0 fully saturated rings. The maximum atomic E-state index is 12.1. The van der Waals surface area contributed by atoms with Gasteiger partial charge in [0.2, 0.25) is 11.8 Å². The summed E-state index contributed by atoms with van der Waals surface area (Å²) in [7, 11) is 1.49. The maximum absolute atomic E-state index is 12.1. The van der Waals surface area contributed by atoms with Crippen LogP contribution in [0, 0.1) is 0 Å². The third-order valence-electron chi connectivity index (χ3n) is 2.60. The second kappa shape index (κ2) is 7.47. The molecule has 0 rings (SSSR count). The Kier molecular flexibility index (Phi) is 6.70. The SMILES string of the molecule is CCCN(CC(=O)NC)C(=O)C(C)=C(C)C(=O)O. The largest absolute Gasteiger partial charge is 0.478 e. The summed E-state index contributed by atoms with van der Waals surface area (Å²) < 4.78 is 0. The van der Waals surface area contributed by atoms with Gasteiger partial charge in [0.25, 0.3) is 0 Å². The minimum atomic E-state index is -1.13. The van der Waals surface area contributed by atoms with Crippen LogP contribution in [0.5, 0.6) is 0 Å². The van der Waals surface area contributed by atoms with E-state index in [9.17, 15) is 14.4 Å². The molecule has 0 unspecified atom stereocenters. The molecule has 2 N–H and O–H groups in total. The van der Waals surface area contributed by atoms with E-state index in [-0.39, 0.29) is 23.6 Å². The molecule has 0 heterocycles. The van der Waals surface area contributed by atoms with Gasteiger partial charge in [-0.3, -0.25) is 9.59 Å². The van der Waals surface area contributed by atoms with Crippen LogP contribution < -0.4 is 5.32 Å². The predicted octanol–water partition coefficient (Wildman–Crippen LogP) is 0.392. The number of nitrogens with zero attached hydrogens (tertiary/aromatic N) is 1. The topological polar surface area (TPSA) is 86.7 Å². The predicted molar refractivity (Wildman–Crippen MR) is 66.9 cm³/mol. The van der Waals surface area contributed by atoms with Gasteiger partial charge in [-0.25, -0.2) is 4.79 Å². The summed E-state index contributed by atoms with van der Waals surface area (Å²) in [5.74, 6) is -1.82. The highest BCUT2D eigenvalue weighted by molar-refractivity contribution is 6.02. The first-order valence-corrected chi connectivity index (χ1v) is 5.75. The van der Waals surface area contributed by atoms with Crippen molar-refractivity contribution in [1.29, 1.82) is 0 Å². The summed E-state index contributed by atoms with van der Waals surface area (Å²) in [6, 6.07) is 0. The van der Waals surface area contributed by atoms with Crippen LogP contribution in [0.1, 0.15) is 27.2 Å². The quantitative estimate of drug-likeness (QED) is 0.673. The molecule has 0 saturated heterocycles. The standard InChI is InChI=1S/C12H20N2O4/c1-5-6-14(7-10(15)13-4)11(16)8(2)9(3)12(17)18/h5-7H2,1-4H3,(H,13,15)(H,17,18). The molecule has 0 spiro atoms. The van der Waals surface area contributed by atoms with E-state index in [1.165, 1.54) is 25.8 Å². The lowest BCUT2D eigenvalue weighted by molar-refractivity contribution is -0.134. The molecule has 0 bridgehead atoms. The van der Waals surface area contributed by atoms with Gasteiger partial charge in [-0.05, 0) is 20.3 Å². The number of aliphatic carboxylic acids is 1. The van der Waals surface area contributed by atoms with Crippen molar-refractivity contribution in [3.63, 3.8) is 0 Å². The Bertz CT molecular complexity index is 374. The number of carbonyl (C=O) groups is 3. The molecule has 0 aliphatic carbocycles. The fourth-order valence-corrected chi connectivity index (χ4v) is 1.33. The maximum Gasteiger partial charge on any atom is 0.331 e. The monoisotopic (exact) mass is 256 g/mol. The molecule has 0 atom stereocenters. The number of hydrogen-bond acceptors (Lipinski definition) is 3. The zero-order valence-electron chi connectivity index (χ0n) is 11.2. The number of nitrogens with one attached hydrogen (secondary N) is 1. The molecule has 0 aliphatic heterocycles. The van der Waals surface area contributed by atoms with Crippen molar-refractivity contribution in [2.24, 2.45) is 0 Å². The van der Waals surface area contributed by atoms with Gasteiger partial charge in [0.1, 0.15) is 0 Å². The summed E-state index contributed by atoms with van der Waals surface area (Å²) >= 11 is 0. The highest BCUT2D eigenvalue weighted by Gasteiger charge is 2.20. The van der Waals surface area contributed by atoms with Crippen LogP contribution in [0.25, 0.3) is 0 Å². The van der Waals surface area contributed by atoms with Crippen molar-refractivity contribution in [3.05, 3.63) is 11.1 Å². The van der Waals surface area contributed by atoms with E-state index < -0.39 is 11.9 Å². The molecule has 0 saturated carbocycles. The third-order valence-corrected chi connectivity index (χ3v) is 2.60. The van der Waals surface area contributed by atoms with E-state index in [2.05, 4.69) is 5.32 Å². The number of carboxylic acids is 1. The molecular formula is C12H20N2O4. The van der Waals surface area contributed by atoms with E-state index in [1.54, 1.807) is 0 Å². The highest BCUT2D eigenvalue weighted by Crippen LogP contribution is 2.08. The van der Waals surface area contributed by atoms with E-state index in [0.717, 1.165) is 0 Å². The lowest BCUT2D eigenvalue weighted by atomic mass is 10.1. The first-order valence-electron chi connectivity index (χ1n) is 5.75. The zero-order valence-corrected chi connectivity index (χ0v) is 11.2. The number of hydrogen-bond donors (Lipinski definition) is 2. The third kappa shape index (κ3) is 4.57. The molecule has 0 aromatic rings. The van der Waals surface area contributed by atoms with Crippen LogP contribution in [0.15, 0.2) is 11.1 Å². The van der Waals surface area contributed by atoms with Gasteiger partial charge in [-0.2, -0.15) is 0 Å². The highest BCUT2D eigenvalue weighted by atomic mass is 16.4. The molecule has 6 nitrogen and oxygen atoms in total. The Morgan fingerprint density at radius 2 is 1.72 bits per heavy atom. The Morgan fingerprint density at radius 3 is 2.11 bits per heavy atom. The molecule has 2 amide bonds. The summed E-state index contributed by atoms with van der Waals surface area (Å²) in [4.78, 5) is 35.5. The second-order valence-electron chi connectivity index (χ2n) is 3.96. The molecule has 0 aromatic heterocycles. The zero-order chi connectivity index (χ0) is 14.3. The van der Waals surface area contributed by atoms with Gasteiger partial charge < -0.3 is 15.3 Å². The van der Waals surface area contributed by atoms with Crippen molar-refractivity contribution in [2.45, 2.75) is 27.2 Å². The number of carbonyl (C=O) groups excluding carboxylic acids is 2. The van der Waals surface area contributed by atoms with Gasteiger partial charge in [-0.1, -0.05) is 6.92 Å². The number of likely N-dealkylation sites (N-methyl/N-ethyl adjacent to an activating group) is 1. The van der Waals surface area contributed by atoms with Crippen LogP contribution in [0.4, 0.5) is 0 Å². The Balaban J connectivity index is 5.02. The van der Waals surface area contributed by atoms with Crippen molar-refractivity contribution in [1.82, 2.24) is 10.2 Å². The first-order chi connectivity index (χ1) is 8.34. The summed E-state index contributed by atoms with van der Waals surface area (Å²) in [6.07, 6.45) is 0.697. The molecule has 18 heavy (non-hydrogen) atoms. The molecule has 0 radical (unpaired) electrons. The van der Waals surface area contributed by atoms with Crippen LogP contribution in [0.3, 0.4) is 0 Å². The Morgan fingerprint density at radius 1 is 1.17 bits per heavy atom. The van der Waals surface area contributed by atoms with Crippen LogP contribution in [-0.4, -0.2) is 47.9 Å². The first kappa shape index (κ1) is 16.1. The van der Waals surface area contributed by atoms with Crippen molar-refractivity contribution >= 4 is 17.8 Å². The minimum Gasteiger partial charge on any atom is -0.478 e. The van der Waals surface area contributed by atoms with E-state index >= 15 is 0 Å². The normalized spacial score (nSPS) is 11.6. The average molecular weight is 256 g/mol. The molecule has 6 heteroatoms. The second-order valence-corrected chi connectivity index (χ2v) is 3.96. The van der Waals surface area contributed by atoms with Crippen molar-refractivity contribution < 1.29 is 19.5 Å². The van der Waals surface area contributed by atoms with Gasteiger partial charge >= 0.3 is 5.97 Å². The van der Waals surface area contributed by atoms with E-state index in [1.807, 2.05) is 6.92 Å². The van der Waals surface area contributed by atoms with Gasteiger partial charge in [0.15, 0.2) is 0 Å². The summed E-state index contributed by atoms with van der Waals surface area (Å²) in [6.45, 7) is 5.06. The fraction of sp³-hybridized carbons (Fsp3) is 0.583. The molecule has 0 aromatic carbocycles. The van der Waals surface area contributed by atoms with E-state index in [0.29, 0.717) is 13.0 Å². The van der Waals surface area contributed by atoms with Gasteiger partial charge in [0, 0.05) is 24.7 Å². The smallest absolute Gasteiger partial charge is 0.331 e. The van der Waals surface area contributed by atoms with Crippen LogP contribution >= 0.6 is 0 Å². The Hall–Kier alpha value is -1.85. The minimum absolute atomic E-state index is 0.00184. The van der Waals surface area contributed by atoms with Crippen LogP contribution in [0.2, 0.25) is 0 Å².